The normalized spacial score (nSPS) is 20.8. The summed E-state index contributed by atoms with van der Waals surface area (Å²) < 4.78 is 7.45. The van der Waals surface area contributed by atoms with Crippen LogP contribution in [0.25, 0.3) is 10.9 Å². The smallest absolute Gasteiger partial charge is 0.189 e. The van der Waals surface area contributed by atoms with Crippen molar-refractivity contribution in [3.05, 3.63) is 46.8 Å². The van der Waals surface area contributed by atoms with Gasteiger partial charge in [0.15, 0.2) is 5.43 Å². The van der Waals surface area contributed by atoms with Crippen LogP contribution in [0.4, 0.5) is 0 Å². The second-order valence-electron chi connectivity index (χ2n) is 5.14. The zero-order valence-corrected chi connectivity index (χ0v) is 10.8. The summed E-state index contributed by atoms with van der Waals surface area (Å²) in [5.74, 6) is 0.415. The van der Waals surface area contributed by atoms with Crippen LogP contribution in [-0.2, 0) is 11.3 Å². The fourth-order valence-electron chi connectivity index (χ4n) is 2.69. The Bertz CT molecular complexity index is 629. The Kier molecular flexibility index (Phi) is 3.36. The van der Waals surface area contributed by atoms with Crippen LogP contribution in [0.15, 0.2) is 41.3 Å². The summed E-state index contributed by atoms with van der Waals surface area (Å²) in [7, 11) is 0. The minimum atomic E-state index is 0.0598. The van der Waals surface area contributed by atoms with Crippen LogP contribution in [0.2, 0.25) is 0 Å². The van der Waals surface area contributed by atoms with E-state index in [-0.39, 0.29) is 11.5 Å². The van der Waals surface area contributed by atoms with Crippen molar-refractivity contribution in [2.24, 2.45) is 11.7 Å². The average Bonchev–Trinajstić information content (AvgIpc) is 2.96. The number of nitrogens with two attached hydrogens (primary N) is 1. The Hall–Kier alpha value is -1.65. The van der Waals surface area contributed by atoms with Crippen molar-refractivity contribution < 1.29 is 4.74 Å². The van der Waals surface area contributed by atoms with Crippen LogP contribution >= 0.6 is 0 Å². The van der Waals surface area contributed by atoms with Gasteiger partial charge in [-0.15, -0.1) is 0 Å². The third-order valence-electron chi connectivity index (χ3n) is 3.86. The maximum atomic E-state index is 11.8. The first-order valence-corrected chi connectivity index (χ1v) is 6.67. The number of fused-ring (bicyclic) bond motifs is 1. The molecule has 19 heavy (non-hydrogen) atoms. The molecule has 1 fully saturated rings. The van der Waals surface area contributed by atoms with E-state index in [1.165, 1.54) is 0 Å². The summed E-state index contributed by atoms with van der Waals surface area (Å²) in [6.45, 7) is 2.28. The molecule has 0 radical (unpaired) electrons. The van der Waals surface area contributed by atoms with Gasteiger partial charge in [0, 0.05) is 42.8 Å². The van der Waals surface area contributed by atoms with Gasteiger partial charge in [0.25, 0.3) is 0 Å². The minimum Gasteiger partial charge on any atom is -0.381 e. The van der Waals surface area contributed by atoms with Crippen LogP contribution < -0.4 is 11.2 Å². The molecule has 0 spiro atoms. The lowest BCUT2D eigenvalue weighted by molar-refractivity contribution is 0.179. The van der Waals surface area contributed by atoms with Crippen LogP contribution in [-0.4, -0.2) is 23.8 Å². The monoisotopic (exact) mass is 258 g/mol. The zero-order chi connectivity index (χ0) is 13.2. The van der Waals surface area contributed by atoms with Crippen LogP contribution in [0.5, 0.6) is 0 Å². The minimum absolute atomic E-state index is 0.0598. The van der Waals surface area contributed by atoms with Gasteiger partial charge in [-0.05, 0) is 18.6 Å². The van der Waals surface area contributed by atoms with Crippen molar-refractivity contribution in [1.82, 2.24) is 4.57 Å². The number of ether oxygens (including phenoxy) is 1. The molecule has 2 unspecified atom stereocenters. The number of benzene rings is 1. The van der Waals surface area contributed by atoms with E-state index in [0.717, 1.165) is 37.1 Å². The van der Waals surface area contributed by atoms with Crippen LogP contribution in [0, 0.1) is 5.92 Å². The molecule has 1 aliphatic heterocycles. The molecule has 4 heteroatoms. The number of pyridine rings is 1. The number of rotatable bonds is 3. The first kappa shape index (κ1) is 12.4. The highest BCUT2D eigenvalue weighted by Crippen LogP contribution is 2.18. The van der Waals surface area contributed by atoms with Crippen molar-refractivity contribution in [2.75, 3.05) is 13.2 Å². The summed E-state index contributed by atoms with van der Waals surface area (Å²) in [6.07, 6.45) is 2.86. The Morgan fingerprint density at radius 1 is 1.37 bits per heavy atom. The highest BCUT2D eigenvalue weighted by Gasteiger charge is 2.23. The second-order valence-corrected chi connectivity index (χ2v) is 5.14. The molecule has 3 rings (SSSR count). The third kappa shape index (κ3) is 2.41. The van der Waals surface area contributed by atoms with E-state index >= 15 is 0 Å². The quantitative estimate of drug-likeness (QED) is 0.904. The summed E-state index contributed by atoms with van der Waals surface area (Å²) in [5.41, 5.74) is 7.27. The van der Waals surface area contributed by atoms with Gasteiger partial charge in [0.1, 0.15) is 0 Å². The molecule has 2 N–H and O–H groups in total. The highest BCUT2D eigenvalue weighted by atomic mass is 16.5. The molecule has 1 saturated heterocycles. The molecule has 2 aromatic rings. The van der Waals surface area contributed by atoms with E-state index in [0.29, 0.717) is 5.92 Å². The molecule has 4 nitrogen and oxygen atoms in total. The number of hydrogen-bond acceptors (Lipinski definition) is 3. The van der Waals surface area contributed by atoms with Gasteiger partial charge in [-0.2, -0.15) is 0 Å². The molecule has 0 bridgehead atoms. The number of hydrogen-bond donors (Lipinski definition) is 1. The van der Waals surface area contributed by atoms with Gasteiger partial charge in [-0.3, -0.25) is 4.79 Å². The van der Waals surface area contributed by atoms with Gasteiger partial charge in [-0.1, -0.05) is 12.1 Å². The molecule has 2 heterocycles. The fraction of sp³-hybridized carbons (Fsp3) is 0.400. The maximum Gasteiger partial charge on any atom is 0.189 e. The Balaban J connectivity index is 1.92. The Labute approximate surface area is 111 Å². The van der Waals surface area contributed by atoms with Crippen molar-refractivity contribution in [3.8, 4) is 0 Å². The standard InChI is InChI=1S/C15H18N2O2/c16-13(11-6-8-19-10-11)9-17-7-5-15(18)12-3-1-2-4-14(12)17/h1-5,7,11,13H,6,8-10,16H2. The van der Waals surface area contributed by atoms with Gasteiger partial charge in [0.05, 0.1) is 12.1 Å². The molecule has 0 aliphatic carbocycles. The van der Waals surface area contributed by atoms with E-state index in [1.54, 1.807) is 6.07 Å². The first-order valence-electron chi connectivity index (χ1n) is 6.67. The first-order chi connectivity index (χ1) is 9.25. The second kappa shape index (κ2) is 5.15. The lowest BCUT2D eigenvalue weighted by Gasteiger charge is -2.20. The lowest BCUT2D eigenvalue weighted by atomic mass is 10.00. The molecular formula is C15H18N2O2. The van der Waals surface area contributed by atoms with Crippen molar-refractivity contribution >= 4 is 10.9 Å². The van der Waals surface area contributed by atoms with Crippen molar-refractivity contribution in [1.29, 1.82) is 0 Å². The molecule has 1 aromatic carbocycles. The number of nitrogens with zero attached hydrogens (tertiary/aromatic N) is 1. The topological polar surface area (TPSA) is 57.2 Å². The van der Waals surface area contributed by atoms with E-state index in [2.05, 4.69) is 4.57 Å². The van der Waals surface area contributed by atoms with Gasteiger partial charge < -0.3 is 15.0 Å². The van der Waals surface area contributed by atoms with Gasteiger partial charge in [-0.25, -0.2) is 0 Å². The predicted octanol–water partition coefficient (Wildman–Crippen LogP) is 1.37. The Morgan fingerprint density at radius 3 is 3.00 bits per heavy atom. The average molecular weight is 258 g/mol. The van der Waals surface area contributed by atoms with E-state index in [1.807, 2.05) is 30.5 Å². The summed E-state index contributed by atoms with van der Waals surface area (Å²) in [4.78, 5) is 11.8. The summed E-state index contributed by atoms with van der Waals surface area (Å²) in [5, 5.41) is 0.750. The SMILES string of the molecule is NC(Cn1ccc(=O)c2ccccc21)C1CCOC1. The Morgan fingerprint density at radius 2 is 2.21 bits per heavy atom. The third-order valence-corrected chi connectivity index (χ3v) is 3.86. The molecular weight excluding hydrogens is 240 g/mol. The molecule has 2 atom stereocenters. The van der Waals surface area contributed by atoms with Crippen LogP contribution in [0.3, 0.4) is 0 Å². The number of aromatic nitrogens is 1. The van der Waals surface area contributed by atoms with E-state index in [9.17, 15) is 4.79 Å². The zero-order valence-electron chi connectivity index (χ0n) is 10.8. The fourth-order valence-corrected chi connectivity index (χ4v) is 2.69. The molecule has 1 aliphatic rings. The summed E-state index contributed by atoms with van der Waals surface area (Å²) >= 11 is 0. The van der Waals surface area contributed by atoms with Gasteiger partial charge in [0.2, 0.25) is 0 Å². The molecule has 100 valence electrons. The maximum absolute atomic E-state index is 11.8. The van der Waals surface area contributed by atoms with E-state index in [4.69, 9.17) is 10.5 Å². The molecule has 0 amide bonds. The summed E-state index contributed by atoms with van der Waals surface area (Å²) in [6, 6.07) is 9.34. The largest absolute Gasteiger partial charge is 0.381 e. The van der Waals surface area contributed by atoms with Gasteiger partial charge >= 0.3 is 0 Å². The van der Waals surface area contributed by atoms with Crippen molar-refractivity contribution in [3.63, 3.8) is 0 Å². The molecule has 0 saturated carbocycles. The number of para-hydroxylation sites is 1. The highest BCUT2D eigenvalue weighted by molar-refractivity contribution is 5.78. The van der Waals surface area contributed by atoms with Crippen molar-refractivity contribution in [2.45, 2.75) is 19.0 Å². The van der Waals surface area contributed by atoms with Crippen LogP contribution in [0.1, 0.15) is 6.42 Å². The molecule has 1 aromatic heterocycles. The lowest BCUT2D eigenvalue weighted by Crippen LogP contribution is -2.35. The van der Waals surface area contributed by atoms with E-state index < -0.39 is 0 Å². The predicted molar refractivity (Wildman–Crippen MR) is 75.1 cm³/mol.